The zero-order chi connectivity index (χ0) is 14.4. The molecule has 1 N–H and O–H groups in total. The molecule has 0 spiro atoms. The molecular formula is C15H17N3O2. The topological polar surface area (TPSA) is 64.1 Å². The zero-order valence-electron chi connectivity index (χ0n) is 11.6. The number of methoxy groups -OCH3 is 1. The Bertz CT molecular complexity index is 582. The van der Waals surface area contributed by atoms with Crippen molar-refractivity contribution in [3.63, 3.8) is 0 Å². The number of carbonyl (C=O) groups is 1. The summed E-state index contributed by atoms with van der Waals surface area (Å²) in [7, 11) is 3.26. The molecule has 5 heteroatoms. The third kappa shape index (κ3) is 3.54. The highest BCUT2D eigenvalue weighted by atomic mass is 16.5. The highest BCUT2D eigenvalue weighted by Gasteiger charge is 2.05. The van der Waals surface area contributed by atoms with Gasteiger partial charge in [0, 0.05) is 37.1 Å². The number of rotatable bonds is 5. The Hall–Kier alpha value is -2.43. The lowest BCUT2D eigenvalue weighted by Crippen LogP contribution is -2.04. The van der Waals surface area contributed by atoms with E-state index < -0.39 is 0 Å². The van der Waals surface area contributed by atoms with Crippen molar-refractivity contribution < 1.29 is 9.53 Å². The predicted molar refractivity (Wildman–Crippen MR) is 77.4 cm³/mol. The maximum absolute atomic E-state index is 11.1. The average Bonchev–Trinajstić information content (AvgIpc) is 2.53. The number of hydrogen-bond acceptors (Lipinski definition) is 5. The predicted octanol–water partition coefficient (Wildman–Crippen LogP) is 2.29. The van der Waals surface area contributed by atoms with Crippen LogP contribution in [0.1, 0.15) is 12.2 Å². The van der Waals surface area contributed by atoms with E-state index in [0.717, 1.165) is 16.8 Å². The third-order valence-corrected chi connectivity index (χ3v) is 2.97. The van der Waals surface area contributed by atoms with Gasteiger partial charge in [0.15, 0.2) is 0 Å². The highest BCUT2D eigenvalue weighted by molar-refractivity contribution is 5.69. The molecule has 0 bridgehead atoms. The minimum atomic E-state index is -0.251. The van der Waals surface area contributed by atoms with Gasteiger partial charge < -0.3 is 10.1 Å². The Morgan fingerprint density at radius 1 is 1.25 bits per heavy atom. The standard InChI is InChI=1S/C15H17N3O2/c1-16-13-5-3-4-11(8-13)12-9-17-14(18-10-12)6-7-15(19)20-2/h3-5,8-10,16H,6-7H2,1-2H3. The van der Waals surface area contributed by atoms with E-state index >= 15 is 0 Å². The molecule has 0 fully saturated rings. The number of aryl methyl sites for hydroxylation is 1. The Morgan fingerprint density at radius 3 is 2.65 bits per heavy atom. The fraction of sp³-hybridized carbons (Fsp3) is 0.267. The van der Waals surface area contributed by atoms with Gasteiger partial charge in [-0.05, 0) is 17.7 Å². The second-order valence-corrected chi connectivity index (χ2v) is 4.29. The first-order chi connectivity index (χ1) is 9.72. The summed E-state index contributed by atoms with van der Waals surface area (Å²) in [5.41, 5.74) is 3.04. The Morgan fingerprint density at radius 2 is 2.00 bits per heavy atom. The van der Waals surface area contributed by atoms with Gasteiger partial charge in [-0.3, -0.25) is 4.79 Å². The monoisotopic (exact) mass is 271 g/mol. The molecule has 1 heterocycles. The lowest BCUT2D eigenvalue weighted by Gasteiger charge is -2.05. The average molecular weight is 271 g/mol. The SMILES string of the molecule is CNc1cccc(-c2cnc(CCC(=O)OC)nc2)c1. The van der Waals surface area contributed by atoms with E-state index in [1.165, 1.54) is 7.11 Å². The molecule has 0 unspecified atom stereocenters. The van der Waals surface area contributed by atoms with Gasteiger partial charge in [-0.25, -0.2) is 9.97 Å². The summed E-state index contributed by atoms with van der Waals surface area (Å²) < 4.78 is 4.59. The second-order valence-electron chi connectivity index (χ2n) is 4.29. The minimum absolute atomic E-state index is 0.251. The number of carbonyl (C=O) groups excluding carboxylic acids is 1. The van der Waals surface area contributed by atoms with Gasteiger partial charge in [0.05, 0.1) is 13.5 Å². The lowest BCUT2D eigenvalue weighted by molar-refractivity contribution is -0.140. The van der Waals surface area contributed by atoms with E-state index in [9.17, 15) is 4.79 Å². The van der Waals surface area contributed by atoms with Crippen molar-refractivity contribution in [2.75, 3.05) is 19.5 Å². The summed E-state index contributed by atoms with van der Waals surface area (Å²) in [5.74, 6) is 0.392. The van der Waals surface area contributed by atoms with Crippen LogP contribution in [0.15, 0.2) is 36.7 Å². The van der Waals surface area contributed by atoms with Crippen molar-refractivity contribution in [2.24, 2.45) is 0 Å². The summed E-state index contributed by atoms with van der Waals surface area (Å²) in [6.07, 6.45) is 4.33. The Balaban J connectivity index is 2.09. The summed E-state index contributed by atoms with van der Waals surface area (Å²) in [4.78, 5) is 19.6. The molecule has 0 aliphatic carbocycles. The first-order valence-corrected chi connectivity index (χ1v) is 6.39. The van der Waals surface area contributed by atoms with Crippen LogP contribution in [0.5, 0.6) is 0 Å². The van der Waals surface area contributed by atoms with Crippen molar-refractivity contribution in [2.45, 2.75) is 12.8 Å². The molecule has 0 aliphatic rings. The van der Waals surface area contributed by atoms with Gasteiger partial charge in [0.1, 0.15) is 5.82 Å². The molecule has 0 saturated carbocycles. The molecule has 2 aromatic rings. The van der Waals surface area contributed by atoms with Crippen molar-refractivity contribution in [1.82, 2.24) is 9.97 Å². The van der Waals surface area contributed by atoms with Crippen LogP contribution >= 0.6 is 0 Å². The molecule has 0 saturated heterocycles. The van der Waals surface area contributed by atoms with E-state index in [4.69, 9.17) is 0 Å². The van der Waals surface area contributed by atoms with Gasteiger partial charge >= 0.3 is 5.97 Å². The molecule has 0 aliphatic heterocycles. The summed E-state index contributed by atoms with van der Waals surface area (Å²) in [5, 5.41) is 3.10. The van der Waals surface area contributed by atoms with Crippen LogP contribution in [-0.4, -0.2) is 30.1 Å². The van der Waals surface area contributed by atoms with Gasteiger partial charge in [-0.15, -0.1) is 0 Å². The van der Waals surface area contributed by atoms with Gasteiger partial charge in [0.2, 0.25) is 0 Å². The van der Waals surface area contributed by atoms with Crippen LogP contribution in [0.25, 0.3) is 11.1 Å². The Labute approximate surface area is 118 Å². The largest absolute Gasteiger partial charge is 0.469 e. The molecule has 0 atom stereocenters. The maximum Gasteiger partial charge on any atom is 0.305 e. The van der Waals surface area contributed by atoms with Crippen molar-refractivity contribution >= 4 is 11.7 Å². The van der Waals surface area contributed by atoms with Gasteiger partial charge in [-0.1, -0.05) is 12.1 Å². The number of esters is 1. The number of benzene rings is 1. The van der Waals surface area contributed by atoms with Crippen molar-refractivity contribution in [3.05, 3.63) is 42.5 Å². The summed E-state index contributed by atoms with van der Waals surface area (Å²) in [6.45, 7) is 0. The number of aromatic nitrogens is 2. The van der Waals surface area contributed by atoms with Crippen molar-refractivity contribution in [1.29, 1.82) is 0 Å². The van der Waals surface area contributed by atoms with E-state index in [-0.39, 0.29) is 5.97 Å². The molecule has 0 amide bonds. The van der Waals surface area contributed by atoms with Crippen LogP contribution in [0, 0.1) is 0 Å². The van der Waals surface area contributed by atoms with E-state index in [1.54, 1.807) is 12.4 Å². The normalized spacial score (nSPS) is 10.1. The number of nitrogens with zero attached hydrogens (tertiary/aromatic N) is 2. The molecule has 2 rings (SSSR count). The molecule has 1 aromatic heterocycles. The number of hydrogen-bond donors (Lipinski definition) is 1. The van der Waals surface area contributed by atoms with Gasteiger partial charge in [-0.2, -0.15) is 0 Å². The minimum Gasteiger partial charge on any atom is -0.469 e. The molecule has 0 radical (unpaired) electrons. The Kier molecular flexibility index (Phi) is 4.65. The van der Waals surface area contributed by atoms with E-state index in [1.807, 2.05) is 31.3 Å². The molecule has 104 valence electrons. The third-order valence-electron chi connectivity index (χ3n) is 2.97. The first kappa shape index (κ1) is 14.0. The summed E-state index contributed by atoms with van der Waals surface area (Å²) >= 11 is 0. The molecule has 1 aromatic carbocycles. The molecule has 5 nitrogen and oxygen atoms in total. The lowest BCUT2D eigenvalue weighted by atomic mass is 10.1. The van der Waals surface area contributed by atoms with Gasteiger partial charge in [0.25, 0.3) is 0 Å². The summed E-state index contributed by atoms with van der Waals surface area (Å²) in [6, 6.07) is 8.02. The van der Waals surface area contributed by atoms with Crippen LogP contribution in [-0.2, 0) is 16.0 Å². The van der Waals surface area contributed by atoms with Crippen LogP contribution < -0.4 is 5.32 Å². The smallest absolute Gasteiger partial charge is 0.305 e. The first-order valence-electron chi connectivity index (χ1n) is 6.39. The maximum atomic E-state index is 11.1. The zero-order valence-corrected chi connectivity index (χ0v) is 11.6. The quantitative estimate of drug-likeness (QED) is 0.845. The van der Waals surface area contributed by atoms with Crippen LogP contribution in [0.3, 0.4) is 0 Å². The van der Waals surface area contributed by atoms with Crippen LogP contribution in [0.2, 0.25) is 0 Å². The highest BCUT2D eigenvalue weighted by Crippen LogP contribution is 2.21. The number of nitrogens with one attached hydrogen (secondary N) is 1. The fourth-order valence-electron chi connectivity index (χ4n) is 1.80. The van der Waals surface area contributed by atoms with Crippen LogP contribution in [0.4, 0.5) is 5.69 Å². The second kappa shape index (κ2) is 6.65. The molecule has 20 heavy (non-hydrogen) atoms. The number of anilines is 1. The van der Waals surface area contributed by atoms with Crippen molar-refractivity contribution in [3.8, 4) is 11.1 Å². The molecular weight excluding hydrogens is 254 g/mol. The fourth-order valence-corrected chi connectivity index (χ4v) is 1.80. The number of ether oxygens (including phenoxy) is 1. The van der Waals surface area contributed by atoms with E-state index in [2.05, 4.69) is 20.0 Å². The van der Waals surface area contributed by atoms with E-state index in [0.29, 0.717) is 18.7 Å².